The first-order valence-corrected chi connectivity index (χ1v) is 11.1. The van der Waals surface area contributed by atoms with Gasteiger partial charge in [0.05, 0.1) is 11.1 Å². The molecule has 0 aromatic heterocycles. The van der Waals surface area contributed by atoms with Crippen LogP contribution in [0.4, 0.5) is 0 Å². The van der Waals surface area contributed by atoms with Crippen molar-refractivity contribution in [1.82, 2.24) is 9.80 Å². The Kier molecular flexibility index (Phi) is 7.47. The van der Waals surface area contributed by atoms with E-state index in [2.05, 4.69) is 25.7 Å². The summed E-state index contributed by atoms with van der Waals surface area (Å²) in [5.41, 5.74) is 0.941. The van der Waals surface area contributed by atoms with E-state index in [1.165, 1.54) is 0 Å². The predicted octanol–water partition coefficient (Wildman–Crippen LogP) is 4.48. The Labute approximate surface area is 180 Å². The second-order valence-corrected chi connectivity index (χ2v) is 9.93. The molecule has 0 unspecified atom stereocenters. The van der Waals surface area contributed by atoms with Crippen LogP contribution in [0.1, 0.15) is 56.8 Å². The van der Waals surface area contributed by atoms with Crippen molar-refractivity contribution < 1.29 is 14.3 Å². The zero-order chi connectivity index (χ0) is 21.0. The molecule has 6 heteroatoms. The molecule has 3 rings (SSSR count). The normalized spacial score (nSPS) is 20.1. The Morgan fingerprint density at radius 2 is 1.69 bits per heavy atom. The summed E-state index contributed by atoms with van der Waals surface area (Å²) in [6.45, 7) is 11.5. The third-order valence-electron chi connectivity index (χ3n) is 5.77. The molecular formula is C23H35ClN2O3. The van der Waals surface area contributed by atoms with Gasteiger partial charge in [-0.2, -0.15) is 0 Å². The number of nitrogens with zero attached hydrogens (tertiary/aromatic N) is 2. The number of carbonyl (C=O) groups is 1. The second kappa shape index (κ2) is 9.67. The van der Waals surface area contributed by atoms with Crippen molar-refractivity contribution >= 4 is 17.5 Å². The van der Waals surface area contributed by atoms with Gasteiger partial charge in [-0.25, -0.2) is 0 Å². The first-order valence-electron chi connectivity index (χ1n) is 10.8. The number of halogens is 1. The monoisotopic (exact) mass is 422 g/mol. The minimum atomic E-state index is 0.0310. The molecule has 0 atom stereocenters. The van der Waals surface area contributed by atoms with E-state index in [0.717, 1.165) is 58.4 Å². The molecule has 2 aliphatic rings. The number of hydrogen-bond donors (Lipinski definition) is 0. The van der Waals surface area contributed by atoms with E-state index in [9.17, 15) is 4.79 Å². The van der Waals surface area contributed by atoms with Crippen molar-refractivity contribution in [3.63, 3.8) is 0 Å². The van der Waals surface area contributed by atoms with E-state index in [1.807, 2.05) is 17.0 Å². The third kappa shape index (κ3) is 6.34. The smallest absolute Gasteiger partial charge is 0.253 e. The number of piperidine rings is 2. The second-order valence-electron chi connectivity index (χ2n) is 9.53. The number of rotatable bonds is 5. The maximum absolute atomic E-state index is 12.8. The Bertz CT molecular complexity index is 688. The van der Waals surface area contributed by atoms with Crippen LogP contribution in [0.2, 0.25) is 5.02 Å². The van der Waals surface area contributed by atoms with Crippen LogP contribution in [-0.4, -0.2) is 67.7 Å². The number of methoxy groups -OCH3 is 1. The summed E-state index contributed by atoms with van der Waals surface area (Å²) < 4.78 is 11.6. The molecule has 0 saturated carbocycles. The Hall–Kier alpha value is -1.30. The summed E-state index contributed by atoms with van der Waals surface area (Å²) in [5, 5.41) is 0.514. The lowest BCUT2D eigenvalue weighted by Crippen LogP contribution is -2.42. The van der Waals surface area contributed by atoms with Crippen molar-refractivity contribution in [3.8, 4) is 5.75 Å². The molecule has 1 amide bonds. The quantitative estimate of drug-likeness (QED) is 0.701. The molecule has 1 aromatic rings. The fraction of sp³-hybridized carbons (Fsp3) is 0.696. The zero-order valence-corrected chi connectivity index (χ0v) is 19.0. The highest BCUT2D eigenvalue weighted by atomic mass is 35.5. The van der Waals surface area contributed by atoms with Crippen LogP contribution in [-0.2, 0) is 4.74 Å². The molecule has 2 saturated heterocycles. The standard InChI is InChI=1S/C23H35ClN2O3/c1-23(2,3)16-25-11-7-19(8-12-25)29-21-6-5-17(15-20(21)24)22(27)26-13-9-18(28-4)10-14-26/h5-6,15,18-19H,7-14,16H2,1-4H3. The molecule has 0 aliphatic carbocycles. The van der Waals surface area contributed by atoms with Gasteiger partial charge in [-0.15, -0.1) is 0 Å². The highest BCUT2D eigenvalue weighted by Gasteiger charge is 2.26. The van der Waals surface area contributed by atoms with E-state index >= 15 is 0 Å². The molecule has 5 nitrogen and oxygen atoms in total. The number of benzene rings is 1. The molecule has 0 bridgehead atoms. The van der Waals surface area contributed by atoms with Crippen LogP contribution in [0, 0.1) is 5.41 Å². The lowest BCUT2D eigenvalue weighted by atomic mass is 9.94. The summed E-state index contributed by atoms with van der Waals surface area (Å²) in [6, 6.07) is 5.43. The van der Waals surface area contributed by atoms with Gasteiger partial charge in [0, 0.05) is 45.4 Å². The molecule has 2 heterocycles. The predicted molar refractivity (Wildman–Crippen MR) is 117 cm³/mol. The summed E-state index contributed by atoms with van der Waals surface area (Å²) in [7, 11) is 1.73. The molecule has 0 spiro atoms. The molecule has 0 radical (unpaired) electrons. The average Bonchev–Trinajstić information content (AvgIpc) is 2.69. The lowest BCUT2D eigenvalue weighted by Gasteiger charge is -2.36. The topological polar surface area (TPSA) is 42.0 Å². The summed E-state index contributed by atoms with van der Waals surface area (Å²) in [5.74, 6) is 0.707. The summed E-state index contributed by atoms with van der Waals surface area (Å²) in [6.07, 6.45) is 4.20. The van der Waals surface area contributed by atoms with Gasteiger partial charge in [0.25, 0.3) is 5.91 Å². The van der Waals surface area contributed by atoms with Crippen LogP contribution in [0.3, 0.4) is 0 Å². The van der Waals surface area contributed by atoms with E-state index in [0.29, 0.717) is 21.8 Å². The van der Waals surface area contributed by atoms with Crippen molar-refractivity contribution in [2.45, 2.75) is 58.7 Å². The first kappa shape index (κ1) is 22.4. The highest BCUT2D eigenvalue weighted by Crippen LogP contribution is 2.30. The maximum atomic E-state index is 12.8. The van der Waals surface area contributed by atoms with Crippen LogP contribution < -0.4 is 4.74 Å². The fourth-order valence-corrected chi connectivity index (χ4v) is 4.47. The van der Waals surface area contributed by atoms with Gasteiger partial charge in [-0.1, -0.05) is 32.4 Å². The van der Waals surface area contributed by atoms with Gasteiger partial charge in [0.1, 0.15) is 11.9 Å². The Morgan fingerprint density at radius 1 is 1.07 bits per heavy atom. The summed E-state index contributed by atoms with van der Waals surface area (Å²) >= 11 is 6.47. The largest absolute Gasteiger partial charge is 0.489 e. The number of likely N-dealkylation sites (tertiary alicyclic amines) is 2. The number of amides is 1. The van der Waals surface area contributed by atoms with E-state index in [-0.39, 0.29) is 18.1 Å². The fourth-order valence-electron chi connectivity index (χ4n) is 4.24. The molecule has 0 N–H and O–H groups in total. The lowest BCUT2D eigenvalue weighted by molar-refractivity contribution is 0.0350. The van der Waals surface area contributed by atoms with Gasteiger partial charge in [-0.05, 0) is 49.3 Å². The molecule has 162 valence electrons. The number of carbonyl (C=O) groups excluding carboxylic acids is 1. The Morgan fingerprint density at radius 3 is 2.24 bits per heavy atom. The molecule has 2 aliphatic heterocycles. The molecular weight excluding hydrogens is 388 g/mol. The summed E-state index contributed by atoms with van der Waals surface area (Å²) in [4.78, 5) is 17.2. The molecule has 1 aromatic carbocycles. The van der Waals surface area contributed by atoms with Gasteiger partial charge in [0.15, 0.2) is 0 Å². The number of hydrogen-bond acceptors (Lipinski definition) is 4. The van der Waals surface area contributed by atoms with Crippen molar-refractivity contribution in [2.75, 3.05) is 39.8 Å². The van der Waals surface area contributed by atoms with E-state index in [1.54, 1.807) is 13.2 Å². The van der Waals surface area contributed by atoms with Gasteiger partial charge < -0.3 is 19.3 Å². The third-order valence-corrected chi connectivity index (χ3v) is 6.06. The molecule has 29 heavy (non-hydrogen) atoms. The SMILES string of the molecule is COC1CCN(C(=O)c2ccc(OC3CCN(CC(C)(C)C)CC3)c(Cl)c2)CC1. The first-order chi connectivity index (χ1) is 13.7. The Balaban J connectivity index is 1.53. The minimum Gasteiger partial charge on any atom is -0.489 e. The highest BCUT2D eigenvalue weighted by molar-refractivity contribution is 6.32. The van der Waals surface area contributed by atoms with Gasteiger partial charge in [0.2, 0.25) is 0 Å². The van der Waals surface area contributed by atoms with E-state index in [4.69, 9.17) is 21.1 Å². The van der Waals surface area contributed by atoms with Crippen molar-refractivity contribution in [3.05, 3.63) is 28.8 Å². The minimum absolute atomic E-state index is 0.0310. The van der Waals surface area contributed by atoms with Crippen LogP contribution >= 0.6 is 11.6 Å². The zero-order valence-electron chi connectivity index (χ0n) is 18.2. The molecule has 2 fully saturated rings. The van der Waals surface area contributed by atoms with Crippen molar-refractivity contribution in [1.29, 1.82) is 0 Å². The van der Waals surface area contributed by atoms with Crippen molar-refractivity contribution in [2.24, 2.45) is 5.41 Å². The maximum Gasteiger partial charge on any atom is 0.253 e. The average molecular weight is 423 g/mol. The van der Waals surface area contributed by atoms with Crippen LogP contribution in [0.25, 0.3) is 0 Å². The van der Waals surface area contributed by atoms with Gasteiger partial charge >= 0.3 is 0 Å². The van der Waals surface area contributed by atoms with E-state index < -0.39 is 0 Å². The van der Waals surface area contributed by atoms with Gasteiger partial charge in [-0.3, -0.25) is 4.79 Å². The van der Waals surface area contributed by atoms with Crippen LogP contribution in [0.15, 0.2) is 18.2 Å². The number of ether oxygens (including phenoxy) is 2. The van der Waals surface area contributed by atoms with Crippen LogP contribution in [0.5, 0.6) is 5.75 Å².